The number of ether oxygens (including phenoxy) is 2. The van der Waals surface area contributed by atoms with E-state index in [1.165, 1.54) is 12.1 Å². The lowest BCUT2D eigenvalue weighted by Gasteiger charge is -2.26. The smallest absolute Gasteiger partial charge is 0.137 e. The fourth-order valence-corrected chi connectivity index (χ4v) is 2.04. The summed E-state index contributed by atoms with van der Waals surface area (Å²) in [4.78, 5) is 2.25. The number of nitrogens with zero attached hydrogens (tertiary/aromatic N) is 1. The molecule has 1 aromatic carbocycles. The molecule has 0 amide bonds. The van der Waals surface area contributed by atoms with Gasteiger partial charge >= 0.3 is 0 Å². The van der Waals surface area contributed by atoms with Crippen molar-refractivity contribution in [1.82, 2.24) is 4.90 Å². The highest BCUT2D eigenvalue weighted by Gasteiger charge is 2.10. The average Bonchev–Trinajstić information content (AvgIpc) is 2.51. The maximum absolute atomic E-state index is 13.3. The highest BCUT2D eigenvalue weighted by Crippen LogP contribution is 2.19. The highest BCUT2D eigenvalue weighted by atomic mass is 19.1. The molecule has 1 fully saturated rings. The molecule has 0 aliphatic carbocycles. The van der Waals surface area contributed by atoms with Gasteiger partial charge in [0.25, 0.3) is 0 Å². The summed E-state index contributed by atoms with van der Waals surface area (Å²) >= 11 is 0. The van der Waals surface area contributed by atoms with Crippen molar-refractivity contribution in [2.75, 3.05) is 46.1 Å². The Morgan fingerprint density at radius 2 is 2.14 bits per heavy atom. The van der Waals surface area contributed by atoms with Crippen LogP contribution in [-0.4, -0.2) is 56.1 Å². The van der Waals surface area contributed by atoms with E-state index in [0.29, 0.717) is 24.3 Å². The number of rotatable bonds is 5. The first-order chi connectivity index (χ1) is 10.3. The SMILES string of the molecule is OCCC#Cc1ccc(F)cc1OCCN1CCOCC1. The van der Waals surface area contributed by atoms with Crippen molar-refractivity contribution in [3.63, 3.8) is 0 Å². The first kappa shape index (κ1) is 15.8. The minimum Gasteiger partial charge on any atom is -0.491 e. The predicted octanol–water partition coefficient (Wildman–Crippen LogP) is 1.27. The van der Waals surface area contributed by atoms with E-state index in [9.17, 15) is 4.39 Å². The van der Waals surface area contributed by atoms with Crippen molar-refractivity contribution < 1.29 is 19.0 Å². The van der Waals surface area contributed by atoms with Gasteiger partial charge in [0, 0.05) is 32.1 Å². The number of hydrogen-bond acceptors (Lipinski definition) is 4. The molecule has 1 heterocycles. The maximum Gasteiger partial charge on any atom is 0.137 e. The molecule has 1 saturated heterocycles. The van der Waals surface area contributed by atoms with Crippen LogP contribution in [-0.2, 0) is 4.74 Å². The number of hydrogen-bond donors (Lipinski definition) is 1. The van der Waals surface area contributed by atoms with Crippen molar-refractivity contribution in [3.8, 4) is 17.6 Å². The van der Waals surface area contributed by atoms with Crippen LogP contribution < -0.4 is 4.74 Å². The summed E-state index contributed by atoms with van der Waals surface area (Å²) < 4.78 is 24.3. The van der Waals surface area contributed by atoms with Gasteiger partial charge in [-0.2, -0.15) is 0 Å². The third-order valence-electron chi connectivity index (χ3n) is 3.17. The minimum absolute atomic E-state index is 0.0153. The second-order valence-corrected chi connectivity index (χ2v) is 4.72. The standard InChI is InChI=1S/C16H20FNO3/c17-15-5-4-14(3-1-2-9-19)16(13-15)21-12-8-18-6-10-20-11-7-18/h4-5,13,19H,2,6-12H2. The molecular weight excluding hydrogens is 273 g/mol. The molecule has 1 aliphatic heterocycles. The van der Waals surface area contributed by atoms with Gasteiger partial charge < -0.3 is 14.6 Å². The van der Waals surface area contributed by atoms with Gasteiger partial charge in [-0.3, -0.25) is 4.90 Å². The Bertz CT molecular complexity index is 504. The van der Waals surface area contributed by atoms with Gasteiger partial charge in [-0.15, -0.1) is 0 Å². The Hall–Kier alpha value is -1.61. The second kappa shape index (κ2) is 8.63. The van der Waals surface area contributed by atoms with Gasteiger partial charge in [0.05, 0.1) is 25.4 Å². The van der Waals surface area contributed by atoms with E-state index in [1.54, 1.807) is 6.07 Å². The summed E-state index contributed by atoms with van der Waals surface area (Å²) in [6.45, 7) is 4.57. The number of morpholine rings is 1. The summed E-state index contributed by atoms with van der Waals surface area (Å²) in [6, 6.07) is 4.31. The van der Waals surface area contributed by atoms with Crippen LogP contribution in [0.15, 0.2) is 18.2 Å². The molecule has 0 spiro atoms. The Morgan fingerprint density at radius 3 is 2.90 bits per heavy atom. The zero-order valence-corrected chi connectivity index (χ0v) is 12.0. The van der Waals surface area contributed by atoms with E-state index in [4.69, 9.17) is 14.6 Å². The molecule has 5 heteroatoms. The Morgan fingerprint density at radius 1 is 1.33 bits per heavy atom. The number of halogens is 1. The average molecular weight is 293 g/mol. The van der Waals surface area contributed by atoms with Crippen LogP contribution in [0.4, 0.5) is 4.39 Å². The van der Waals surface area contributed by atoms with Crippen molar-refractivity contribution in [1.29, 1.82) is 0 Å². The fraction of sp³-hybridized carbons (Fsp3) is 0.500. The number of aliphatic hydroxyl groups excluding tert-OH is 1. The Kier molecular flexibility index (Phi) is 6.48. The van der Waals surface area contributed by atoms with Crippen LogP contribution in [0.1, 0.15) is 12.0 Å². The normalized spacial score (nSPS) is 15.3. The lowest BCUT2D eigenvalue weighted by molar-refractivity contribution is 0.0322. The lowest BCUT2D eigenvalue weighted by Crippen LogP contribution is -2.38. The second-order valence-electron chi connectivity index (χ2n) is 4.72. The summed E-state index contributed by atoms with van der Waals surface area (Å²) in [5.74, 6) is 5.83. The van der Waals surface area contributed by atoms with Crippen LogP contribution in [0.25, 0.3) is 0 Å². The minimum atomic E-state index is -0.343. The van der Waals surface area contributed by atoms with Gasteiger partial charge in [0.2, 0.25) is 0 Å². The quantitative estimate of drug-likeness (QED) is 0.830. The Balaban J connectivity index is 1.91. The van der Waals surface area contributed by atoms with E-state index in [0.717, 1.165) is 32.8 Å². The fourth-order valence-electron chi connectivity index (χ4n) is 2.04. The van der Waals surface area contributed by atoms with Crippen LogP contribution in [0, 0.1) is 17.7 Å². The molecule has 1 N–H and O–H groups in total. The van der Waals surface area contributed by atoms with Gasteiger partial charge in [0.1, 0.15) is 18.2 Å². The highest BCUT2D eigenvalue weighted by molar-refractivity contribution is 5.46. The van der Waals surface area contributed by atoms with E-state index < -0.39 is 0 Å². The molecule has 0 unspecified atom stereocenters. The monoisotopic (exact) mass is 293 g/mol. The molecule has 4 nitrogen and oxygen atoms in total. The molecule has 0 aromatic heterocycles. The van der Waals surface area contributed by atoms with E-state index >= 15 is 0 Å². The molecular formula is C16H20FNO3. The predicted molar refractivity (Wildman–Crippen MR) is 77.7 cm³/mol. The molecule has 114 valence electrons. The molecule has 0 atom stereocenters. The zero-order chi connectivity index (χ0) is 14.9. The van der Waals surface area contributed by atoms with Gasteiger partial charge in [0.15, 0.2) is 0 Å². The van der Waals surface area contributed by atoms with E-state index in [-0.39, 0.29) is 12.4 Å². The third-order valence-corrected chi connectivity index (χ3v) is 3.17. The van der Waals surface area contributed by atoms with Crippen LogP contribution in [0.2, 0.25) is 0 Å². The molecule has 0 saturated carbocycles. The maximum atomic E-state index is 13.3. The van der Waals surface area contributed by atoms with Gasteiger partial charge in [-0.1, -0.05) is 11.8 Å². The summed E-state index contributed by atoms with van der Waals surface area (Å²) in [5.41, 5.74) is 0.645. The molecule has 0 bridgehead atoms. The van der Waals surface area contributed by atoms with Crippen LogP contribution >= 0.6 is 0 Å². The molecule has 21 heavy (non-hydrogen) atoms. The molecule has 2 rings (SSSR count). The lowest BCUT2D eigenvalue weighted by atomic mass is 10.2. The summed E-state index contributed by atoms with van der Waals surface area (Å²) in [6.07, 6.45) is 0.393. The van der Waals surface area contributed by atoms with E-state index in [1.807, 2.05) is 0 Å². The van der Waals surface area contributed by atoms with Crippen LogP contribution in [0.3, 0.4) is 0 Å². The largest absolute Gasteiger partial charge is 0.491 e. The molecule has 1 aliphatic rings. The zero-order valence-electron chi connectivity index (χ0n) is 12.0. The van der Waals surface area contributed by atoms with Crippen molar-refractivity contribution in [3.05, 3.63) is 29.6 Å². The number of benzene rings is 1. The summed E-state index contributed by atoms with van der Waals surface area (Å²) in [7, 11) is 0. The van der Waals surface area contributed by atoms with Gasteiger partial charge in [-0.25, -0.2) is 4.39 Å². The molecule has 0 radical (unpaired) electrons. The first-order valence-corrected chi connectivity index (χ1v) is 7.12. The van der Waals surface area contributed by atoms with Crippen molar-refractivity contribution >= 4 is 0 Å². The topological polar surface area (TPSA) is 41.9 Å². The number of aliphatic hydroxyl groups is 1. The Labute approximate surface area is 124 Å². The van der Waals surface area contributed by atoms with Crippen molar-refractivity contribution in [2.45, 2.75) is 6.42 Å². The van der Waals surface area contributed by atoms with Crippen LogP contribution in [0.5, 0.6) is 5.75 Å². The van der Waals surface area contributed by atoms with Crippen molar-refractivity contribution in [2.24, 2.45) is 0 Å². The molecule has 1 aromatic rings. The first-order valence-electron chi connectivity index (χ1n) is 7.12. The summed E-state index contributed by atoms with van der Waals surface area (Å²) in [5, 5.41) is 8.73. The van der Waals surface area contributed by atoms with Gasteiger partial charge in [-0.05, 0) is 12.1 Å². The van der Waals surface area contributed by atoms with E-state index in [2.05, 4.69) is 16.7 Å². The third kappa shape index (κ3) is 5.35.